The number of fused-ring (bicyclic) bond motifs is 1. The number of nitrogens with one attached hydrogen (secondary N) is 1. The molecule has 1 N–H and O–H groups in total. The Hall–Kier alpha value is -1.89. The van der Waals surface area contributed by atoms with Crippen LogP contribution in [0.4, 0.5) is 0 Å². The van der Waals surface area contributed by atoms with Gasteiger partial charge in [-0.25, -0.2) is 0 Å². The summed E-state index contributed by atoms with van der Waals surface area (Å²) in [7, 11) is 1.66. The van der Waals surface area contributed by atoms with Crippen molar-refractivity contribution in [2.75, 3.05) is 39.1 Å². The van der Waals surface area contributed by atoms with Crippen LogP contribution in [-0.4, -0.2) is 55.8 Å². The van der Waals surface area contributed by atoms with Crippen molar-refractivity contribution in [1.82, 2.24) is 10.2 Å². The van der Waals surface area contributed by atoms with Gasteiger partial charge in [0.15, 0.2) is 11.5 Å². The van der Waals surface area contributed by atoms with Crippen LogP contribution in [0.15, 0.2) is 23.1 Å². The third-order valence-electron chi connectivity index (χ3n) is 4.34. The van der Waals surface area contributed by atoms with Crippen molar-refractivity contribution in [3.8, 4) is 11.5 Å². The Morgan fingerprint density at radius 3 is 2.62 bits per heavy atom. The van der Waals surface area contributed by atoms with Crippen LogP contribution in [0.3, 0.4) is 0 Å². The normalized spacial score (nSPS) is 17.5. The number of amides is 2. The van der Waals surface area contributed by atoms with Gasteiger partial charge in [0.05, 0.1) is 5.75 Å². The molecule has 3 rings (SSSR count). The van der Waals surface area contributed by atoms with Crippen molar-refractivity contribution in [2.24, 2.45) is 5.92 Å². The monoisotopic (exact) mass is 350 g/mol. The van der Waals surface area contributed by atoms with Crippen LogP contribution in [0.5, 0.6) is 11.5 Å². The zero-order chi connectivity index (χ0) is 16.9. The lowest BCUT2D eigenvalue weighted by atomic mass is 9.96. The number of rotatable bonds is 4. The van der Waals surface area contributed by atoms with Crippen LogP contribution in [0, 0.1) is 5.92 Å². The average molecular weight is 350 g/mol. The number of carbonyl (C=O) groups excluding carboxylic acids is 2. The molecule has 2 aliphatic heterocycles. The van der Waals surface area contributed by atoms with Gasteiger partial charge >= 0.3 is 0 Å². The van der Waals surface area contributed by atoms with E-state index in [1.807, 2.05) is 23.1 Å². The second-order valence-corrected chi connectivity index (χ2v) is 6.91. The van der Waals surface area contributed by atoms with Gasteiger partial charge in [0.25, 0.3) is 0 Å². The van der Waals surface area contributed by atoms with Gasteiger partial charge < -0.3 is 19.7 Å². The van der Waals surface area contributed by atoms with Crippen LogP contribution in [0.1, 0.15) is 12.8 Å². The summed E-state index contributed by atoms with van der Waals surface area (Å²) >= 11 is 1.50. The summed E-state index contributed by atoms with van der Waals surface area (Å²) in [5.41, 5.74) is 0. The van der Waals surface area contributed by atoms with Crippen LogP contribution in [-0.2, 0) is 9.59 Å². The molecule has 0 radical (unpaired) electrons. The SMILES string of the molecule is CNC(=O)C1CCN(C(=O)CSc2ccc3c(c2)OCCO3)CC1. The predicted molar refractivity (Wildman–Crippen MR) is 91.5 cm³/mol. The Kier molecular flexibility index (Phi) is 5.50. The molecule has 2 amide bonds. The smallest absolute Gasteiger partial charge is 0.232 e. The van der Waals surface area contributed by atoms with Gasteiger partial charge in [0.1, 0.15) is 13.2 Å². The van der Waals surface area contributed by atoms with Gasteiger partial charge in [-0.05, 0) is 31.0 Å². The van der Waals surface area contributed by atoms with Crippen molar-refractivity contribution in [1.29, 1.82) is 0 Å². The molecule has 1 fully saturated rings. The van der Waals surface area contributed by atoms with Crippen LogP contribution in [0.25, 0.3) is 0 Å². The molecule has 0 unspecified atom stereocenters. The highest BCUT2D eigenvalue weighted by Gasteiger charge is 2.26. The lowest BCUT2D eigenvalue weighted by Gasteiger charge is -2.31. The van der Waals surface area contributed by atoms with Crippen LogP contribution in [0.2, 0.25) is 0 Å². The molecule has 1 aromatic rings. The highest BCUT2D eigenvalue weighted by molar-refractivity contribution is 8.00. The summed E-state index contributed by atoms with van der Waals surface area (Å²) in [6.07, 6.45) is 1.47. The fourth-order valence-electron chi connectivity index (χ4n) is 2.95. The molecule has 0 bridgehead atoms. The van der Waals surface area contributed by atoms with Gasteiger partial charge in [-0.2, -0.15) is 0 Å². The molecule has 0 atom stereocenters. The van der Waals surface area contributed by atoms with Gasteiger partial charge in [0, 0.05) is 31.0 Å². The van der Waals surface area contributed by atoms with E-state index in [2.05, 4.69) is 5.32 Å². The topological polar surface area (TPSA) is 67.9 Å². The maximum Gasteiger partial charge on any atom is 0.232 e. The summed E-state index contributed by atoms with van der Waals surface area (Å²) in [5, 5.41) is 2.68. The van der Waals surface area contributed by atoms with Gasteiger partial charge in [-0.15, -0.1) is 11.8 Å². The quantitative estimate of drug-likeness (QED) is 0.834. The van der Waals surface area contributed by atoms with Gasteiger partial charge in [-0.1, -0.05) is 0 Å². The Labute approximate surface area is 145 Å². The molecule has 0 aromatic heterocycles. The van der Waals surface area contributed by atoms with E-state index in [1.165, 1.54) is 11.8 Å². The van der Waals surface area contributed by atoms with E-state index in [0.717, 1.165) is 29.2 Å². The number of ether oxygens (including phenoxy) is 2. The average Bonchev–Trinajstić information content (AvgIpc) is 2.65. The molecule has 130 valence electrons. The van der Waals surface area contributed by atoms with E-state index in [0.29, 0.717) is 32.1 Å². The Balaban J connectivity index is 1.48. The number of thioether (sulfide) groups is 1. The Bertz CT molecular complexity index is 615. The summed E-state index contributed by atoms with van der Waals surface area (Å²) in [4.78, 5) is 26.8. The van der Waals surface area contributed by atoms with Crippen LogP contribution < -0.4 is 14.8 Å². The third kappa shape index (κ3) is 3.95. The van der Waals surface area contributed by atoms with Gasteiger partial charge in [0.2, 0.25) is 11.8 Å². The van der Waals surface area contributed by atoms with Crippen molar-refractivity contribution in [3.05, 3.63) is 18.2 Å². The zero-order valence-corrected chi connectivity index (χ0v) is 14.6. The first-order valence-electron chi connectivity index (χ1n) is 8.19. The fourth-order valence-corrected chi connectivity index (χ4v) is 3.77. The molecule has 2 heterocycles. The predicted octanol–water partition coefficient (Wildman–Crippen LogP) is 1.53. The minimum atomic E-state index is 0.0319. The van der Waals surface area contributed by atoms with Crippen molar-refractivity contribution in [3.63, 3.8) is 0 Å². The number of piperidine rings is 1. The van der Waals surface area contributed by atoms with Crippen molar-refractivity contribution in [2.45, 2.75) is 17.7 Å². The lowest BCUT2D eigenvalue weighted by molar-refractivity contribution is -0.133. The van der Waals surface area contributed by atoms with Crippen LogP contribution >= 0.6 is 11.8 Å². The number of hydrogen-bond donors (Lipinski definition) is 1. The molecule has 0 aliphatic carbocycles. The molecule has 2 aliphatic rings. The second kappa shape index (κ2) is 7.79. The Morgan fingerprint density at radius 1 is 1.21 bits per heavy atom. The minimum absolute atomic E-state index is 0.0319. The maximum atomic E-state index is 12.4. The molecule has 1 aromatic carbocycles. The van der Waals surface area contributed by atoms with E-state index in [4.69, 9.17) is 9.47 Å². The number of likely N-dealkylation sites (tertiary alicyclic amines) is 1. The molecule has 0 saturated carbocycles. The van der Waals surface area contributed by atoms with Gasteiger partial charge in [-0.3, -0.25) is 9.59 Å². The summed E-state index contributed by atoms with van der Waals surface area (Å²) in [6.45, 7) is 2.43. The molecule has 7 heteroatoms. The molecule has 24 heavy (non-hydrogen) atoms. The molecule has 6 nitrogen and oxygen atoms in total. The largest absolute Gasteiger partial charge is 0.486 e. The fraction of sp³-hybridized carbons (Fsp3) is 0.529. The first kappa shape index (κ1) is 17.0. The van der Waals surface area contributed by atoms with E-state index in [-0.39, 0.29) is 17.7 Å². The van der Waals surface area contributed by atoms with Crippen molar-refractivity contribution >= 4 is 23.6 Å². The van der Waals surface area contributed by atoms with Crippen molar-refractivity contribution < 1.29 is 19.1 Å². The highest BCUT2D eigenvalue weighted by atomic mass is 32.2. The molecular weight excluding hydrogens is 328 g/mol. The summed E-state index contributed by atoms with van der Waals surface area (Å²) in [6, 6.07) is 5.75. The molecule has 0 spiro atoms. The number of nitrogens with zero attached hydrogens (tertiary/aromatic N) is 1. The molecular formula is C17H22N2O4S. The number of carbonyl (C=O) groups is 2. The van der Waals surface area contributed by atoms with E-state index >= 15 is 0 Å². The maximum absolute atomic E-state index is 12.4. The highest BCUT2D eigenvalue weighted by Crippen LogP contribution is 2.34. The Morgan fingerprint density at radius 2 is 1.92 bits per heavy atom. The zero-order valence-electron chi connectivity index (χ0n) is 13.7. The summed E-state index contributed by atoms with van der Waals surface area (Å²) in [5.74, 6) is 2.12. The summed E-state index contributed by atoms with van der Waals surface area (Å²) < 4.78 is 11.1. The van der Waals surface area contributed by atoms with E-state index in [1.54, 1.807) is 7.05 Å². The second-order valence-electron chi connectivity index (χ2n) is 5.86. The molecule has 1 saturated heterocycles. The standard InChI is InChI=1S/C17H22N2O4S/c1-18-17(21)12-4-6-19(7-5-12)16(20)11-24-13-2-3-14-15(10-13)23-9-8-22-14/h2-3,10,12H,4-9,11H2,1H3,(H,18,21). The number of hydrogen-bond acceptors (Lipinski definition) is 5. The first-order valence-corrected chi connectivity index (χ1v) is 9.18. The lowest BCUT2D eigenvalue weighted by Crippen LogP contribution is -2.43. The minimum Gasteiger partial charge on any atom is -0.486 e. The van der Waals surface area contributed by atoms with E-state index in [9.17, 15) is 9.59 Å². The first-order chi connectivity index (χ1) is 11.7. The number of benzene rings is 1. The third-order valence-corrected chi connectivity index (χ3v) is 5.32. The van der Waals surface area contributed by atoms with E-state index < -0.39 is 0 Å².